The number of amides is 2. The molecule has 0 aliphatic carbocycles. The molecule has 0 spiro atoms. The lowest BCUT2D eigenvalue weighted by molar-refractivity contribution is -0.126. The van der Waals surface area contributed by atoms with E-state index in [1.807, 2.05) is 25.1 Å². The average molecular weight is 408 g/mol. The molecule has 2 N–H and O–H groups in total. The van der Waals surface area contributed by atoms with Gasteiger partial charge in [0.1, 0.15) is 0 Å². The molecule has 154 valence electrons. The van der Waals surface area contributed by atoms with Gasteiger partial charge in [-0.05, 0) is 42.3 Å². The molecule has 3 rings (SSSR count). The van der Waals surface area contributed by atoms with E-state index in [0.717, 1.165) is 12.0 Å². The molecule has 0 aliphatic rings. The highest BCUT2D eigenvalue weighted by molar-refractivity contribution is 5.96. The van der Waals surface area contributed by atoms with Crippen LogP contribution in [0, 0.1) is 0 Å². The molecular formula is C21H20N4O5. The standard InChI is InChI=1S/C21H20N4O5/c1-2-14-5-3-4-6-17(14)24-18(26)11-22-19(27)12-29-21(28)16-9-7-15(8-10-16)20-25-23-13-30-20/h3-10,13H,2,11-12H2,1H3,(H,22,27)(H,24,26). The van der Waals surface area contributed by atoms with Gasteiger partial charge in [-0.25, -0.2) is 4.79 Å². The average Bonchev–Trinajstić information content (AvgIpc) is 3.31. The van der Waals surface area contributed by atoms with Gasteiger partial charge in [-0.15, -0.1) is 10.2 Å². The number of anilines is 1. The Balaban J connectivity index is 1.43. The number of rotatable bonds is 8. The van der Waals surface area contributed by atoms with Gasteiger partial charge < -0.3 is 19.8 Å². The summed E-state index contributed by atoms with van der Waals surface area (Å²) in [6.45, 7) is 1.26. The minimum absolute atomic E-state index is 0.229. The molecule has 2 amide bonds. The smallest absolute Gasteiger partial charge is 0.338 e. The first-order chi connectivity index (χ1) is 14.6. The zero-order valence-corrected chi connectivity index (χ0v) is 16.3. The van der Waals surface area contributed by atoms with Crippen molar-refractivity contribution in [1.29, 1.82) is 0 Å². The quantitative estimate of drug-likeness (QED) is 0.548. The molecule has 9 nitrogen and oxygen atoms in total. The van der Waals surface area contributed by atoms with Gasteiger partial charge in [-0.2, -0.15) is 0 Å². The lowest BCUT2D eigenvalue weighted by Crippen LogP contribution is -2.35. The summed E-state index contributed by atoms with van der Waals surface area (Å²) < 4.78 is 10.0. The number of aryl methyl sites for hydroxylation is 1. The lowest BCUT2D eigenvalue weighted by Gasteiger charge is -2.10. The maximum Gasteiger partial charge on any atom is 0.338 e. The first-order valence-corrected chi connectivity index (χ1v) is 9.25. The van der Waals surface area contributed by atoms with E-state index in [9.17, 15) is 14.4 Å². The number of aromatic nitrogens is 2. The lowest BCUT2D eigenvalue weighted by atomic mass is 10.1. The van der Waals surface area contributed by atoms with Crippen molar-refractivity contribution in [1.82, 2.24) is 15.5 Å². The highest BCUT2D eigenvalue weighted by atomic mass is 16.5. The Morgan fingerprint density at radius 1 is 1.03 bits per heavy atom. The van der Waals surface area contributed by atoms with E-state index in [-0.39, 0.29) is 18.0 Å². The Morgan fingerprint density at radius 3 is 2.50 bits per heavy atom. The molecule has 9 heteroatoms. The van der Waals surface area contributed by atoms with Crippen LogP contribution < -0.4 is 10.6 Å². The van der Waals surface area contributed by atoms with Crippen molar-refractivity contribution in [3.05, 3.63) is 66.1 Å². The summed E-state index contributed by atoms with van der Waals surface area (Å²) >= 11 is 0. The summed E-state index contributed by atoms with van der Waals surface area (Å²) in [4.78, 5) is 36.0. The van der Waals surface area contributed by atoms with Crippen LogP contribution in [0.5, 0.6) is 0 Å². The van der Waals surface area contributed by atoms with Gasteiger partial charge in [0.05, 0.1) is 12.1 Å². The highest BCUT2D eigenvalue weighted by Gasteiger charge is 2.13. The first kappa shape index (κ1) is 20.7. The largest absolute Gasteiger partial charge is 0.452 e. The third-order valence-corrected chi connectivity index (χ3v) is 4.18. The molecule has 0 unspecified atom stereocenters. The number of hydrogen-bond donors (Lipinski definition) is 2. The summed E-state index contributed by atoms with van der Waals surface area (Å²) in [6, 6.07) is 13.7. The van der Waals surface area contributed by atoms with Crippen LogP contribution in [0.1, 0.15) is 22.8 Å². The number of esters is 1. The van der Waals surface area contributed by atoms with E-state index < -0.39 is 18.5 Å². The van der Waals surface area contributed by atoms with Crippen LogP contribution in [-0.2, 0) is 20.7 Å². The Hall–Kier alpha value is -4.01. The highest BCUT2D eigenvalue weighted by Crippen LogP contribution is 2.17. The molecule has 0 aliphatic heterocycles. The van der Waals surface area contributed by atoms with Crippen molar-refractivity contribution in [3.8, 4) is 11.5 Å². The zero-order valence-electron chi connectivity index (χ0n) is 16.3. The predicted octanol–water partition coefficient (Wildman–Crippen LogP) is 2.21. The Kier molecular flexibility index (Phi) is 6.88. The molecule has 0 bridgehead atoms. The van der Waals surface area contributed by atoms with Gasteiger partial charge >= 0.3 is 5.97 Å². The fourth-order valence-corrected chi connectivity index (χ4v) is 2.64. The Morgan fingerprint density at radius 2 is 1.80 bits per heavy atom. The second-order valence-electron chi connectivity index (χ2n) is 6.23. The third-order valence-electron chi connectivity index (χ3n) is 4.18. The van der Waals surface area contributed by atoms with Crippen molar-refractivity contribution in [2.24, 2.45) is 0 Å². The van der Waals surface area contributed by atoms with Crippen LogP contribution in [-0.4, -0.2) is 41.1 Å². The van der Waals surface area contributed by atoms with Crippen molar-refractivity contribution < 1.29 is 23.5 Å². The normalized spacial score (nSPS) is 10.3. The van der Waals surface area contributed by atoms with Gasteiger partial charge in [0.2, 0.25) is 18.2 Å². The van der Waals surface area contributed by atoms with E-state index in [0.29, 0.717) is 17.1 Å². The molecule has 3 aromatic rings. The van der Waals surface area contributed by atoms with Gasteiger partial charge in [-0.3, -0.25) is 9.59 Å². The molecule has 0 saturated heterocycles. The zero-order chi connectivity index (χ0) is 21.3. The molecule has 30 heavy (non-hydrogen) atoms. The van der Waals surface area contributed by atoms with Crippen molar-refractivity contribution >= 4 is 23.5 Å². The minimum Gasteiger partial charge on any atom is -0.452 e. The van der Waals surface area contributed by atoms with Crippen LogP contribution in [0.2, 0.25) is 0 Å². The summed E-state index contributed by atoms with van der Waals surface area (Å²) in [5, 5.41) is 12.5. The molecule has 2 aromatic carbocycles. The predicted molar refractivity (Wildman–Crippen MR) is 107 cm³/mol. The second kappa shape index (κ2) is 9.97. The number of nitrogens with one attached hydrogen (secondary N) is 2. The third kappa shape index (κ3) is 5.51. The van der Waals surface area contributed by atoms with Crippen LogP contribution >= 0.6 is 0 Å². The number of benzene rings is 2. The number of hydrogen-bond acceptors (Lipinski definition) is 7. The number of ether oxygens (including phenoxy) is 1. The van der Waals surface area contributed by atoms with E-state index in [4.69, 9.17) is 9.15 Å². The van der Waals surface area contributed by atoms with Crippen LogP contribution in [0.25, 0.3) is 11.5 Å². The van der Waals surface area contributed by atoms with Gasteiger partial charge in [0.15, 0.2) is 6.61 Å². The van der Waals surface area contributed by atoms with E-state index in [1.165, 1.54) is 18.5 Å². The van der Waals surface area contributed by atoms with Crippen molar-refractivity contribution in [2.75, 3.05) is 18.5 Å². The maximum atomic E-state index is 12.1. The molecule has 1 aromatic heterocycles. The van der Waals surface area contributed by atoms with Crippen molar-refractivity contribution in [3.63, 3.8) is 0 Å². The van der Waals surface area contributed by atoms with E-state index in [1.54, 1.807) is 18.2 Å². The van der Waals surface area contributed by atoms with Gasteiger partial charge in [-0.1, -0.05) is 25.1 Å². The second-order valence-corrected chi connectivity index (χ2v) is 6.23. The van der Waals surface area contributed by atoms with Crippen LogP contribution in [0.3, 0.4) is 0 Å². The molecule has 0 fully saturated rings. The number of para-hydroxylation sites is 1. The maximum absolute atomic E-state index is 12.1. The van der Waals surface area contributed by atoms with Crippen molar-refractivity contribution in [2.45, 2.75) is 13.3 Å². The summed E-state index contributed by atoms with van der Waals surface area (Å²) in [5.41, 5.74) is 2.61. The minimum atomic E-state index is -0.663. The summed E-state index contributed by atoms with van der Waals surface area (Å²) in [6.07, 6.45) is 1.98. The molecule has 0 radical (unpaired) electrons. The number of carbonyl (C=O) groups is 3. The van der Waals surface area contributed by atoms with Crippen LogP contribution in [0.15, 0.2) is 59.3 Å². The molecule has 1 heterocycles. The molecule has 0 atom stereocenters. The fourth-order valence-electron chi connectivity index (χ4n) is 2.64. The molecule has 0 saturated carbocycles. The first-order valence-electron chi connectivity index (χ1n) is 9.25. The topological polar surface area (TPSA) is 123 Å². The van der Waals surface area contributed by atoms with Gasteiger partial charge in [0, 0.05) is 11.3 Å². The van der Waals surface area contributed by atoms with E-state index >= 15 is 0 Å². The monoisotopic (exact) mass is 408 g/mol. The Bertz CT molecular complexity index is 1020. The number of nitrogens with zero attached hydrogens (tertiary/aromatic N) is 2. The summed E-state index contributed by atoms with van der Waals surface area (Å²) in [5.74, 6) is -1.28. The van der Waals surface area contributed by atoms with Gasteiger partial charge in [0.25, 0.3) is 5.91 Å². The number of carbonyl (C=O) groups excluding carboxylic acids is 3. The Labute approximate surface area is 172 Å². The van der Waals surface area contributed by atoms with Crippen LogP contribution in [0.4, 0.5) is 5.69 Å². The molecular weight excluding hydrogens is 388 g/mol. The SMILES string of the molecule is CCc1ccccc1NC(=O)CNC(=O)COC(=O)c1ccc(-c2nnco2)cc1. The van der Waals surface area contributed by atoms with E-state index in [2.05, 4.69) is 20.8 Å². The summed E-state index contributed by atoms with van der Waals surface area (Å²) in [7, 11) is 0. The fraction of sp³-hybridized carbons (Fsp3) is 0.190.